The van der Waals surface area contributed by atoms with Gasteiger partial charge in [0.15, 0.2) is 0 Å². The van der Waals surface area contributed by atoms with Crippen molar-refractivity contribution in [2.45, 2.75) is 11.0 Å². The maximum Gasteiger partial charge on any atom is 0.293 e. The van der Waals surface area contributed by atoms with Crippen molar-refractivity contribution in [2.24, 2.45) is 0 Å². The van der Waals surface area contributed by atoms with Crippen molar-refractivity contribution in [3.63, 3.8) is 0 Å². The van der Waals surface area contributed by atoms with Crippen molar-refractivity contribution >= 4 is 33.2 Å². The van der Waals surface area contributed by atoms with Crippen LogP contribution in [0.5, 0.6) is 0 Å². The van der Waals surface area contributed by atoms with Crippen molar-refractivity contribution in [2.75, 3.05) is 52.2 Å². The molecule has 188 valence electrons. The number of morpholine rings is 1. The van der Waals surface area contributed by atoms with Crippen molar-refractivity contribution in [1.29, 1.82) is 0 Å². The molecule has 0 unspecified atom stereocenters. The Kier molecular flexibility index (Phi) is 8.38. The highest BCUT2D eigenvalue weighted by atomic mass is 32.2. The van der Waals surface area contributed by atoms with E-state index in [4.69, 9.17) is 4.74 Å². The molecule has 0 spiro atoms. The average Bonchev–Trinajstić information content (AvgIpc) is 2.82. The average molecular weight is 506 g/mol. The smallest absolute Gasteiger partial charge is 0.293 e. The lowest BCUT2D eigenvalue weighted by Gasteiger charge is -2.33. The number of ether oxygens (including phenoxy) is 1. The number of rotatable bonds is 9. The van der Waals surface area contributed by atoms with Gasteiger partial charge in [0.05, 0.1) is 29.1 Å². The highest BCUT2D eigenvalue weighted by Crippen LogP contribution is 2.28. The summed E-state index contributed by atoms with van der Waals surface area (Å²) in [6.07, 6.45) is -0.400. The molecule has 1 heterocycles. The summed E-state index contributed by atoms with van der Waals surface area (Å²) in [4.78, 5) is 38.5. The second-order valence-corrected chi connectivity index (χ2v) is 9.87. The molecule has 1 fully saturated rings. The lowest BCUT2D eigenvalue weighted by atomic mass is 10.2. The molecule has 2 aromatic rings. The summed E-state index contributed by atoms with van der Waals surface area (Å²) in [5, 5.41) is 14.5. The molecule has 0 radical (unpaired) electrons. The van der Waals surface area contributed by atoms with E-state index in [9.17, 15) is 28.1 Å². The molecule has 1 saturated heterocycles. The zero-order chi connectivity index (χ0) is 25.6. The predicted octanol–water partition coefficient (Wildman–Crippen LogP) is 0.914. The number of likely N-dealkylation sites (N-methyl/N-ethyl adjacent to an activating group) is 1. The van der Waals surface area contributed by atoms with Gasteiger partial charge in [0.1, 0.15) is 5.69 Å². The zero-order valence-electron chi connectivity index (χ0n) is 19.3. The third-order valence-corrected chi connectivity index (χ3v) is 6.53. The van der Waals surface area contributed by atoms with E-state index >= 15 is 0 Å². The quantitative estimate of drug-likeness (QED) is 0.374. The molecular weight excluding hydrogens is 478 g/mol. The Hall–Kier alpha value is -3.55. The van der Waals surface area contributed by atoms with E-state index in [1.165, 1.54) is 24.3 Å². The number of benzene rings is 2. The minimum atomic E-state index is -4.35. The lowest BCUT2D eigenvalue weighted by molar-refractivity contribution is -0.384. The summed E-state index contributed by atoms with van der Waals surface area (Å²) in [6, 6.07) is 11.1. The summed E-state index contributed by atoms with van der Waals surface area (Å²) in [7, 11) is -0.749. The fourth-order valence-electron chi connectivity index (χ4n) is 3.47. The number of carbonyl (C=O) groups excluding carboxylic acids is 2. The summed E-state index contributed by atoms with van der Waals surface area (Å²) >= 11 is 0. The minimum absolute atomic E-state index is 0.0404. The van der Waals surface area contributed by atoms with Crippen LogP contribution in [0.25, 0.3) is 0 Å². The largest absolute Gasteiger partial charge is 0.377 e. The number of amides is 2. The number of hydrogen-bond acceptors (Lipinski definition) is 9. The van der Waals surface area contributed by atoms with Crippen LogP contribution in [0.15, 0.2) is 53.4 Å². The first-order valence-electron chi connectivity index (χ1n) is 10.8. The fourth-order valence-corrected chi connectivity index (χ4v) is 4.47. The van der Waals surface area contributed by atoms with Gasteiger partial charge < -0.3 is 19.9 Å². The van der Waals surface area contributed by atoms with Crippen LogP contribution in [0.2, 0.25) is 0 Å². The van der Waals surface area contributed by atoms with Crippen LogP contribution in [-0.2, 0) is 19.6 Å². The van der Waals surface area contributed by atoms with Gasteiger partial charge >= 0.3 is 0 Å². The molecule has 1 atom stereocenters. The number of nitrogens with one attached hydrogen (secondary N) is 2. The molecule has 0 saturated carbocycles. The summed E-state index contributed by atoms with van der Waals surface area (Å²) in [5.74, 6) is -0.889. The molecule has 2 aromatic carbocycles. The van der Waals surface area contributed by atoms with Crippen LogP contribution in [0.1, 0.15) is 10.4 Å². The van der Waals surface area contributed by atoms with E-state index in [-0.39, 0.29) is 30.2 Å². The summed E-state index contributed by atoms with van der Waals surface area (Å²) in [5.41, 5.74) is -0.255. The van der Waals surface area contributed by atoms with Gasteiger partial charge in [-0.2, -0.15) is 0 Å². The van der Waals surface area contributed by atoms with Gasteiger partial charge in [0.2, 0.25) is 5.91 Å². The SMILES string of the molecule is CN(C)CC(=O)N1CCO[C@@H](CNc2ccc(S(=O)(=O)NC(=O)c3ccccc3)cc2[N+](=O)[O-])C1. The van der Waals surface area contributed by atoms with Crippen LogP contribution in [-0.4, -0.2) is 87.9 Å². The maximum atomic E-state index is 12.6. The first-order chi connectivity index (χ1) is 16.6. The number of carbonyl (C=O) groups is 2. The molecule has 0 aliphatic carbocycles. The topological polar surface area (TPSA) is 151 Å². The van der Waals surface area contributed by atoms with Gasteiger partial charge in [-0.25, -0.2) is 13.1 Å². The Morgan fingerprint density at radius 3 is 2.57 bits per heavy atom. The molecular formula is C22H27N5O7S. The van der Waals surface area contributed by atoms with Crippen LogP contribution in [0, 0.1) is 10.1 Å². The van der Waals surface area contributed by atoms with Crippen molar-refractivity contribution in [1.82, 2.24) is 14.5 Å². The molecule has 1 aliphatic rings. The second-order valence-electron chi connectivity index (χ2n) is 8.19. The Morgan fingerprint density at radius 1 is 1.20 bits per heavy atom. The highest BCUT2D eigenvalue weighted by molar-refractivity contribution is 7.90. The molecule has 2 amide bonds. The Bertz CT molecular complexity index is 1190. The Morgan fingerprint density at radius 2 is 1.91 bits per heavy atom. The molecule has 12 nitrogen and oxygen atoms in total. The number of sulfonamides is 1. The normalized spacial score (nSPS) is 16.1. The monoisotopic (exact) mass is 505 g/mol. The van der Waals surface area contributed by atoms with E-state index in [1.807, 2.05) is 4.72 Å². The van der Waals surface area contributed by atoms with Gasteiger partial charge in [-0.3, -0.25) is 19.7 Å². The Balaban J connectivity index is 1.70. The predicted molar refractivity (Wildman–Crippen MR) is 128 cm³/mol. The maximum absolute atomic E-state index is 12.6. The lowest BCUT2D eigenvalue weighted by Crippen LogP contribution is -2.50. The third-order valence-electron chi connectivity index (χ3n) is 5.20. The fraction of sp³-hybridized carbons (Fsp3) is 0.364. The standard InChI is InChI=1S/C22H27N5O7S/c1-25(2)15-21(28)26-10-11-34-17(14-26)13-23-19-9-8-18(12-20(19)27(30)31)35(32,33)24-22(29)16-6-4-3-5-7-16/h3-9,12,17,23H,10-11,13-15H2,1-2H3,(H,24,29)/t17-/m0/s1. The molecule has 2 N–H and O–H groups in total. The van der Waals surface area contributed by atoms with Crippen molar-refractivity contribution in [3.05, 3.63) is 64.2 Å². The van der Waals surface area contributed by atoms with E-state index in [0.717, 1.165) is 6.07 Å². The van der Waals surface area contributed by atoms with E-state index in [2.05, 4.69) is 5.32 Å². The highest BCUT2D eigenvalue weighted by Gasteiger charge is 2.27. The van der Waals surface area contributed by atoms with Crippen molar-refractivity contribution in [3.8, 4) is 0 Å². The number of anilines is 1. The summed E-state index contributed by atoms with van der Waals surface area (Å²) in [6.45, 7) is 1.56. The van der Waals surface area contributed by atoms with Gasteiger partial charge in [0, 0.05) is 31.3 Å². The van der Waals surface area contributed by atoms with Crippen LogP contribution < -0.4 is 10.0 Å². The Labute approximate surface area is 203 Å². The van der Waals surface area contributed by atoms with Gasteiger partial charge in [-0.1, -0.05) is 18.2 Å². The second kappa shape index (κ2) is 11.3. The van der Waals surface area contributed by atoms with E-state index in [0.29, 0.717) is 19.7 Å². The molecule has 1 aliphatic heterocycles. The van der Waals surface area contributed by atoms with Gasteiger partial charge in [-0.05, 0) is 38.4 Å². The number of hydrogen-bond donors (Lipinski definition) is 2. The minimum Gasteiger partial charge on any atom is -0.377 e. The van der Waals surface area contributed by atoms with Crippen LogP contribution in [0.3, 0.4) is 0 Å². The van der Waals surface area contributed by atoms with E-state index < -0.39 is 37.5 Å². The molecule has 0 bridgehead atoms. The molecule has 3 rings (SSSR count). The molecule has 35 heavy (non-hydrogen) atoms. The van der Waals surface area contributed by atoms with Gasteiger partial charge in [0.25, 0.3) is 21.6 Å². The number of nitro groups is 1. The first kappa shape index (κ1) is 26.1. The van der Waals surface area contributed by atoms with Gasteiger partial charge in [-0.15, -0.1) is 0 Å². The van der Waals surface area contributed by atoms with Crippen LogP contribution in [0.4, 0.5) is 11.4 Å². The summed E-state index contributed by atoms with van der Waals surface area (Å²) < 4.78 is 32.9. The van der Waals surface area contributed by atoms with Crippen LogP contribution >= 0.6 is 0 Å². The molecule has 0 aromatic heterocycles. The molecule has 13 heteroatoms. The zero-order valence-corrected chi connectivity index (χ0v) is 20.2. The van der Waals surface area contributed by atoms with E-state index in [1.54, 1.807) is 42.1 Å². The van der Waals surface area contributed by atoms with Crippen molar-refractivity contribution < 1.29 is 27.7 Å². The first-order valence-corrected chi connectivity index (χ1v) is 12.2. The number of nitro benzene ring substituents is 1. The number of nitrogens with zero attached hydrogens (tertiary/aromatic N) is 3. The third kappa shape index (κ3) is 6.97.